The average Bonchev–Trinajstić information content (AvgIpc) is 3.27. The zero-order valence-electron chi connectivity index (χ0n) is 16.5. The second kappa shape index (κ2) is 8.45. The number of hydrogen-bond acceptors (Lipinski definition) is 7. The van der Waals surface area contributed by atoms with Crippen molar-refractivity contribution >= 4 is 38.3 Å². The summed E-state index contributed by atoms with van der Waals surface area (Å²) in [7, 11) is 4.70. The van der Waals surface area contributed by atoms with Crippen molar-refractivity contribution in [1.29, 1.82) is 0 Å². The Balaban J connectivity index is 1.67. The topological polar surface area (TPSA) is 75.0 Å². The van der Waals surface area contributed by atoms with Crippen LogP contribution in [0.15, 0.2) is 45.7 Å². The van der Waals surface area contributed by atoms with Crippen molar-refractivity contribution < 1.29 is 14.2 Å². The molecule has 7 nitrogen and oxygen atoms in total. The molecule has 0 saturated carbocycles. The Hall–Kier alpha value is -2.91. The van der Waals surface area contributed by atoms with Gasteiger partial charge in [0, 0.05) is 10.9 Å². The molecule has 2 heterocycles. The van der Waals surface area contributed by atoms with Crippen molar-refractivity contribution in [2.75, 3.05) is 21.3 Å². The van der Waals surface area contributed by atoms with Crippen LogP contribution in [0, 0.1) is 0 Å². The summed E-state index contributed by atoms with van der Waals surface area (Å²) in [6.45, 7) is 0. The minimum Gasteiger partial charge on any atom is -0.493 e. The number of halogens is 1. The maximum atomic E-state index is 12.7. The molecule has 0 saturated heterocycles. The van der Waals surface area contributed by atoms with Crippen LogP contribution in [0.2, 0.25) is 0 Å². The molecule has 2 aromatic heterocycles. The Morgan fingerprint density at radius 1 is 1.07 bits per heavy atom. The van der Waals surface area contributed by atoms with Gasteiger partial charge in [-0.05, 0) is 41.5 Å². The number of aromatic nitrogens is 3. The van der Waals surface area contributed by atoms with Gasteiger partial charge in [0.05, 0.1) is 25.9 Å². The van der Waals surface area contributed by atoms with Gasteiger partial charge in [0.25, 0.3) is 5.56 Å². The number of ether oxygens (including phenoxy) is 3. The number of nitrogens with zero attached hydrogens (tertiary/aromatic N) is 3. The Morgan fingerprint density at radius 3 is 2.30 bits per heavy atom. The number of benzene rings is 2. The van der Waals surface area contributed by atoms with Crippen molar-refractivity contribution in [2.24, 2.45) is 0 Å². The zero-order valence-corrected chi connectivity index (χ0v) is 18.9. The molecule has 0 radical (unpaired) electrons. The van der Waals surface area contributed by atoms with Gasteiger partial charge >= 0.3 is 0 Å². The van der Waals surface area contributed by atoms with Crippen LogP contribution in [0.4, 0.5) is 0 Å². The van der Waals surface area contributed by atoms with Crippen LogP contribution >= 0.6 is 27.3 Å². The summed E-state index contributed by atoms with van der Waals surface area (Å²) in [5, 5.41) is 4.40. The minimum atomic E-state index is -0.179. The molecule has 30 heavy (non-hydrogen) atoms. The van der Waals surface area contributed by atoms with Crippen LogP contribution in [0.1, 0.15) is 17.0 Å². The van der Waals surface area contributed by atoms with E-state index in [1.807, 2.05) is 42.5 Å². The third-order valence-corrected chi connectivity index (χ3v) is 5.97. The first-order chi connectivity index (χ1) is 14.5. The molecule has 9 heteroatoms. The van der Waals surface area contributed by atoms with Crippen molar-refractivity contribution in [3.05, 3.63) is 72.7 Å². The molecule has 0 unspecified atom stereocenters. The molecule has 0 aliphatic heterocycles. The summed E-state index contributed by atoms with van der Waals surface area (Å²) < 4.78 is 19.1. The third-order valence-electron chi connectivity index (χ3n) is 4.48. The number of thiazole rings is 1. The summed E-state index contributed by atoms with van der Waals surface area (Å²) in [5.74, 6) is 2.19. The van der Waals surface area contributed by atoms with Crippen molar-refractivity contribution in [2.45, 2.75) is 6.42 Å². The SMILES string of the molecule is COc1cc(Cc2nc3s/c(=C\c4ccc(Br)cc4)c(=O)n3n2)cc(OC)c1OC. The highest BCUT2D eigenvalue weighted by Gasteiger charge is 2.16. The van der Waals surface area contributed by atoms with Crippen LogP contribution in [-0.2, 0) is 6.42 Å². The van der Waals surface area contributed by atoms with E-state index in [1.165, 1.54) is 15.9 Å². The molecule has 0 amide bonds. The Bertz CT molecular complexity index is 1290. The van der Waals surface area contributed by atoms with Gasteiger partial charge in [0.2, 0.25) is 10.7 Å². The average molecular weight is 488 g/mol. The summed E-state index contributed by atoms with van der Waals surface area (Å²) in [5.41, 5.74) is 1.65. The van der Waals surface area contributed by atoms with Gasteiger partial charge in [-0.25, -0.2) is 4.98 Å². The van der Waals surface area contributed by atoms with E-state index in [9.17, 15) is 4.79 Å². The lowest BCUT2D eigenvalue weighted by Gasteiger charge is -2.13. The number of fused-ring (bicyclic) bond motifs is 1. The summed E-state index contributed by atoms with van der Waals surface area (Å²) in [6, 6.07) is 11.4. The predicted octanol–water partition coefficient (Wildman–Crippen LogP) is 3.08. The lowest BCUT2D eigenvalue weighted by atomic mass is 10.1. The van der Waals surface area contributed by atoms with Crippen LogP contribution in [0.25, 0.3) is 11.0 Å². The van der Waals surface area contributed by atoms with E-state index in [4.69, 9.17) is 14.2 Å². The number of rotatable bonds is 6. The van der Waals surface area contributed by atoms with E-state index in [0.29, 0.717) is 39.0 Å². The number of hydrogen-bond donors (Lipinski definition) is 0. The quantitative estimate of drug-likeness (QED) is 0.416. The molecule has 4 aromatic rings. The molecule has 0 N–H and O–H groups in total. The first-order valence-corrected chi connectivity index (χ1v) is 10.6. The molecule has 0 fully saturated rings. The predicted molar refractivity (Wildman–Crippen MR) is 119 cm³/mol. The van der Waals surface area contributed by atoms with Crippen molar-refractivity contribution in [3.8, 4) is 17.2 Å². The first kappa shape index (κ1) is 20.4. The van der Waals surface area contributed by atoms with Gasteiger partial charge in [0.15, 0.2) is 17.3 Å². The summed E-state index contributed by atoms with van der Waals surface area (Å²) >= 11 is 4.72. The molecule has 154 valence electrons. The fraction of sp³-hybridized carbons (Fsp3) is 0.190. The monoisotopic (exact) mass is 487 g/mol. The van der Waals surface area contributed by atoms with Gasteiger partial charge in [-0.1, -0.05) is 39.4 Å². The molecule has 0 aliphatic rings. The second-order valence-electron chi connectivity index (χ2n) is 6.40. The summed E-state index contributed by atoms with van der Waals surface area (Å²) in [4.78, 5) is 17.8. The fourth-order valence-electron chi connectivity index (χ4n) is 3.08. The highest BCUT2D eigenvalue weighted by molar-refractivity contribution is 9.10. The van der Waals surface area contributed by atoms with E-state index in [1.54, 1.807) is 21.3 Å². The molecule has 0 bridgehead atoms. The fourth-order valence-corrected chi connectivity index (χ4v) is 4.27. The smallest absolute Gasteiger partial charge is 0.291 e. The number of methoxy groups -OCH3 is 3. The molecule has 2 aromatic carbocycles. The van der Waals surface area contributed by atoms with Crippen LogP contribution in [0.5, 0.6) is 17.2 Å². The van der Waals surface area contributed by atoms with Crippen LogP contribution in [0.3, 0.4) is 0 Å². The minimum absolute atomic E-state index is 0.179. The standard InChI is InChI=1S/C21H18BrN3O4S/c1-27-15-8-13(9-16(28-2)19(15)29-3)11-18-23-21-25(24-18)20(26)17(30-21)10-12-4-6-14(22)7-5-12/h4-10H,11H2,1-3H3/b17-10-. The van der Waals surface area contributed by atoms with E-state index in [-0.39, 0.29) is 5.56 Å². The van der Waals surface area contributed by atoms with E-state index < -0.39 is 0 Å². The van der Waals surface area contributed by atoms with Gasteiger partial charge < -0.3 is 14.2 Å². The zero-order chi connectivity index (χ0) is 21.3. The highest BCUT2D eigenvalue weighted by atomic mass is 79.9. The Labute approximate surface area is 184 Å². The van der Waals surface area contributed by atoms with Crippen LogP contribution in [-0.4, -0.2) is 35.9 Å². The van der Waals surface area contributed by atoms with Gasteiger partial charge in [-0.15, -0.1) is 5.10 Å². The lowest BCUT2D eigenvalue weighted by molar-refractivity contribution is 0.324. The van der Waals surface area contributed by atoms with E-state index in [0.717, 1.165) is 15.6 Å². The normalized spacial score (nSPS) is 11.8. The third kappa shape index (κ3) is 3.90. The summed E-state index contributed by atoms with van der Waals surface area (Å²) in [6.07, 6.45) is 2.27. The van der Waals surface area contributed by atoms with E-state index in [2.05, 4.69) is 26.0 Å². The Kier molecular flexibility index (Phi) is 5.74. The molecule has 0 atom stereocenters. The molecule has 0 aliphatic carbocycles. The maximum absolute atomic E-state index is 12.7. The largest absolute Gasteiger partial charge is 0.493 e. The highest BCUT2D eigenvalue weighted by Crippen LogP contribution is 2.38. The first-order valence-electron chi connectivity index (χ1n) is 8.97. The van der Waals surface area contributed by atoms with E-state index >= 15 is 0 Å². The maximum Gasteiger partial charge on any atom is 0.291 e. The molecule has 4 rings (SSSR count). The Morgan fingerprint density at radius 2 is 1.73 bits per heavy atom. The van der Waals surface area contributed by atoms with Gasteiger partial charge in [0.1, 0.15) is 0 Å². The second-order valence-corrected chi connectivity index (χ2v) is 8.32. The van der Waals surface area contributed by atoms with Crippen molar-refractivity contribution in [3.63, 3.8) is 0 Å². The molecular weight excluding hydrogens is 470 g/mol. The van der Waals surface area contributed by atoms with Gasteiger partial charge in [-0.3, -0.25) is 4.79 Å². The molecule has 0 spiro atoms. The van der Waals surface area contributed by atoms with Crippen LogP contribution < -0.4 is 24.3 Å². The van der Waals surface area contributed by atoms with Gasteiger partial charge in [-0.2, -0.15) is 4.52 Å². The molecular formula is C21H18BrN3O4S. The van der Waals surface area contributed by atoms with Crippen molar-refractivity contribution in [1.82, 2.24) is 14.6 Å². The lowest BCUT2D eigenvalue weighted by Crippen LogP contribution is -2.23.